The van der Waals surface area contributed by atoms with E-state index in [0.717, 1.165) is 22.2 Å². The normalized spacial score (nSPS) is 44.3. The van der Waals surface area contributed by atoms with Crippen molar-refractivity contribution in [2.75, 3.05) is 47.5 Å². The van der Waals surface area contributed by atoms with Gasteiger partial charge in [-0.1, -0.05) is 18.2 Å². The molecule has 2 aliphatic carbocycles. The molecule has 22 nitrogen and oxygen atoms in total. The summed E-state index contributed by atoms with van der Waals surface area (Å²) in [4.78, 5) is 0. The number of benzene rings is 1. The first kappa shape index (κ1) is 51.2. The van der Waals surface area contributed by atoms with E-state index in [2.05, 4.69) is 31.9 Å². The van der Waals surface area contributed by atoms with Gasteiger partial charge in [0.1, 0.15) is 53.6 Å². The number of aliphatic hydroxyl groups excluding tert-OH is 3. The van der Waals surface area contributed by atoms with Crippen LogP contribution in [0.3, 0.4) is 0 Å². The summed E-state index contributed by atoms with van der Waals surface area (Å²) in [5.41, 5.74) is -1.81. The third-order valence-corrected chi connectivity index (χ3v) is 15.4. The highest BCUT2D eigenvalue weighted by molar-refractivity contribution is 5.83. The maximum absolute atomic E-state index is 12.5. The molecule has 6 unspecified atom stereocenters. The first-order chi connectivity index (χ1) is 33.0. The van der Waals surface area contributed by atoms with E-state index in [0.29, 0.717) is 25.9 Å². The Morgan fingerprint density at radius 2 is 1.30 bits per heavy atom. The van der Waals surface area contributed by atoms with Crippen LogP contribution in [0.15, 0.2) is 53.3 Å². The maximum Gasteiger partial charge on any atom is 0.249 e. The molecule has 9 rings (SSSR count). The lowest BCUT2D eigenvalue weighted by Gasteiger charge is -2.61. The highest BCUT2D eigenvalue weighted by atomic mass is 16.8. The number of fused-ring (bicyclic) bond motifs is 5. The molecule has 4 aliphatic heterocycles. The van der Waals surface area contributed by atoms with Gasteiger partial charge in [0.15, 0.2) is 0 Å². The number of ether oxygens (including phenoxy) is 7. The van der Waals surface area contributed by atoms with Crippen LogP contribution in [0.1, 0.15) is 44.4 Å². The number of nitrogens with one attached hydrogen (secondary N) is 6. The summed E-state index contributed by atoms with van der Waals surface area (Å²) in [6.07, 6.45) is -8.56. The topological polar surface area (TPSA) is 296 Å². The predicted octanol–water partition coefficient (Wildman–Crippen LogP) is -3.06. The molecule has 4 saturated heterocycles. The number of furan rings is 1. The highest BCUT2D eigenvalue weighted by Crippen LogP contribution is 2.48. The quantitative estimate of drug-likeness (QED) is 0.0472. The molecule has 0 spiro atoms. The molecule has 386 valence electrons. The minimum absolute atomic E-state index is 0.0156. The van der Waals surface area contributed by atoms with Crippen LogP contribution in [0.2, 0.25) is 0 Å². The van der Waals surface area contributed by atoms with Gasteiger partial charge in [0.05, 0.1) is 61.6 Å². The van der Waals surface area contributed by atoms with E-state index in [1.165, 1.54) is 0 Å². The van der Waals surface area contributed by atoms with E-state index in [9.17, 15) is 35.7 Å². The summed E-state index contributed by atoms with van der Waals surface area (Å²) < 4.78 is 52.2. The van der Waals surface area contributed by atoms with E-state index in [1.807, 2.05) is 54.2 Å². The van der Waals surface area contributed by atoms with Crippen LogP contribution >= 0.6 is 0 Å². The van der Waals surface area contributed by atoms with Gasteiger partial charge in [-0.2, -0.15) is 0 Å². The van der Waals surface area contributed by atoms with Crippen LogP contribution < -0.4 is 31.9 Å². The molecule has 6 fully saturated rings. The number of aromatic nitrogens is 1. The molecule has 13 N–H and O–H groups in total. The van der Waals surface area contributed by atoms with Gasteiger partial charge >= 0.3 is 0 Å². The van der Waals surface area contributed by atoms with Crippen molar-refractivity contribution in [1.82, 2.24) is 36.5 Å². The van der Waals surface area contributed by atoms with Gasteiger partial charge in [-0.3, -0.25) is 5.32 Å². The molecule has 2 aromatic heterocycles. The van der Waals surface area contributed by atoms with Gasteiger partial charge in [0, 0.05) is 63.0 Å². The fourth-order valence-corrected chi connectivity index (χ4v) is 11.9. The van der Waals surface area contributed by atoms with Gasteiger partial charge in [0.25, 0.3) is 0 Å². The number of hydrogen-bond acceptors (Lipinski definition) is 21. The average molecular weight is 976 g/mol. The Hall–Kier alpha value is -2.76. The number of aliphatic hydroxyl groups is 7. The number of likely N-dealkylation sites (N-methyl/N-ethyl adjacent to an activating group) is 3. The fourth-order valence-electron chi connectivity index (χ4n) is 11.9. The second-order valence-electron chi connectivity index (χ2n) is 20.0. The number of rotatable bonds is 17. The number of para-hydroxylation sites is 1. The summed E-state index contributed by atoms with van der Waals surface area (Å²) in [7, 11) is 6.84. The molecule has 69 heavy (non-hydrogen) atoms. The van der Waals surface area contributed by atoms with Crippen molar-refractivity contribution >= 4 is 10.9 Å². The Morgan fingerprint density at radius 3 is 1.94 bits per heavy atom. The van der Waals surface area contributed by atoms with E-state index < -0.39 is 121 Å². The maximum atomic E-state index is 12.5. The van der Waals surface area contributed by atoms with Crippen LogP contribution in [0.4, 0.5) is 0 Å². The van der Waals surface area contributed by atoms with Gasteiger partial charge in [-0.25, -0.2) is 0 Å². The lowest BCUT2D eigenvalue weighted by atomic mass is 9.77. The van der Waals surface area contributed by atoms with Crippen LogP contribution in [0.5, 0.6) is 0 Å². The molecule has 1 aromatic carbocycles. The average Bonchev–Trinajstić information content (AvgIpc) is 3.95. The second-order valence-corrected chi connectivity index (χ2v) is 20.0. The smallest absolute Gasteiger partial charge is 0.249 e. The van der Waals surface area contributed by atoms with Crippen molar-refractivity contribution < 1.29 is 73.3 Å². The van der Waals surface area contributed by atoms with E-state index in [4.69, 9.17) is 37.6 Å². The molecule has 6 aliphatic rings. The van der Waals surface area contributed by atoms with E-state index in [-0.39, 0.29) is 32.7 Å². The number of nitrogens with zero attached hydrogens (tertiary/aromatic N) is 1. The number of hydrogen-bond donors (Lipinski definition) is 13. The summed E-state index contributed by atoms with van der Waals surface area (Å²) in [6, 6.07) is 8.03. The zero-order chi connectivity index (χ0) is 49.0. The second kappa shape index (κ2) is 20.3. The van der Waals surface area contributed by atoms with Crippen molar-refractivity contribution in [1.29, 1.82) is 0 Å². The zero-order valence-corrected chi connectivity index (χ0v) is 40.1. The van der Waals surface area contributed by atoms with Gasteiger partial charge < -0.3 is 104 Å². The predicted molar refractivity (Wildman–Crippen MR) is 245 cm³/mol. The van der Waals surface area contributed by atoms with E-state index >= 15 is 0 Å². The number of aryl methyl sites for hydroxylation is 2. The monoisotopic (exact) mass is 976 g/mol. The molecular weight excluding hydrogens is 903 g/mol. The minimum atomic E-state index is -2.47. The third-order valence-electron chi connectivity index (χ3n) is 15.4. The molecule has 22 heteroatoms. The van der Waals surface area contributed by atoms with E-state index in [1.54, 1.807) is 41.3 Å². The minimum Gasteiger partial charge on any atom is -0.469 e. The molecule has 0 amide bonds. The van der Waals surface area contributed by atoms with Crippen LogP contribution in [0, 0.1) is 0 Å². The highest BCUT2D eigenvalue weighted by Gasteiger charge is 2.70. The molecular formula is C47H73N7O15. The molecule has 3 aromatic rings. The van der Waals surface area contributed by atoms with Crippen LogP contribution in [-0.4, -0.2) is 208 Å². The van der Waals surface area contributed by atoms with Gasteiger partial charge in [-0.15, -0.1) is 0 Å². The van der Waals surface area contributed by atoms with Crippen LogP contribution in [-0.2, 0) is 53.2 Å². The molecule has 0 bridgehead atoms. The Labute approximate surface area is 401 Å². The Morgan fingerprint density at radius 1 is 0.696 bits per heavy atom. The SMILES string of the molecule is CN[C@@H]1[C@H](O)[C@H](NCO[C@@H]2C3OC4O[C@H](C)C[C@@](O)(CNCCCc5ccco5)[C@]4(O)OC3[C@@H](NC)[C@@H](O)[C@H]2NC)C2O[C@]3(O)C(OC2[C@H]1O)O[C@H](C)C[C@@]3(O)CNCc1cn(C)c2ccccc12. The standard InChI is InChI=1S/C47H73N7O15/c1-24-17-44(58,21-51-15-9-11-27-12-10-16-62-27)47(61)43(65-24)67-41-37(31(49-4)35(56)32(50-5)38(41)68-47)63-23-53-33-34(55)30(48-3)36(57)40-39(33)69-46(60)42(66-40)64-25(2)18-45(46,59)22-52-19-26-20-54(6)29-14-8-7-13-28(26)29/h7-8,10,12-14,16,20,24-25,30-43,48-53,55-61H,9,11,15,17-19,21-23H2,1-6H3/t24-,25-,30-,31-,32+,33+,34+,35+,36+,37+,38?,39?,40?,41?,42?,43?,44-,45-,46-,47-/m1/s1. The largest absolute Gasteiger partial charge is 0.469 e. The summed E-state index contributed by atoms with van der Waals surface area (Å²) in [5.74, 6) is -4.00. The summed E-state index contributed by atoms with van der Waals surface area (Å²) in [6.45, 7) is 3.89. The lowest BCUT2D eigenvalue weighted by molar-refractivity contribution is -0.483. The zero-order valence-electron chi connectivity index (χ0n) is 40.1. The van der Waals surface area contributed by atoms with Crippen molar-refractivity contribution in [3.63, 3.8) is 0 Å². The summed E-state index contributed by atoms with van der Waals surface area (Å²) >= 11 is 0. The Kier molecular flexibility index (Phi) is 15.0. The molecule has 20 atom stereocenters. The van der Waals surface area contributed by atoms with Crippen molar-refractivity contribution in [3.8, 4) is 0 Å². The lowest BCUT2D eigenvalue weighted by Crippen LogP contribution is -2.82. The van der Waals surface area contributed by atoms with Crippen molar-refractivity contribution in [3.05, 3.63) is 60.2 Å². The molecule has 6 heterocycles. The van der Waals surface area contributed by atoms with Crippen molar-refractivity contribution in [2.24, 2.45) is 7.05 Å². The molecule has 0 radical (unpaired) electrons. The van der Waals surface area contributed by atoms with Crippen molar-refractivity contribution in [2.45, 2.75) is 167 Å². The van der Waals surface area contributed by atoms with Crippen LogP contribution in [0.25, 0.3) is 10.9 Å². The van der Waals surface area contributed by atoms with Gasteiger partial charge in [0.2, 0.25) is 24.2 Å². The molecule has 2 saturated carbocycles. The third kappa shape index (κ3) is 9.11. The Balaban J connectivity index is 0.916. The van der Waals surface area contributed by atoms with Gasteiger partial charge in [-0.05, 0) is 71.7 Å². The first-order valence-electron chi connectivity index (χ1n) is 24.2. The summed E-state index contributed by atoms with van der Waals surface area (Å²) in [5, 5.41) is 105. The fraction of sp³-hybridized carbons (Fsp3) is 0.745. The Bertz CT molecular complexity index is 2180. The first-order valence-corrected chi connectivity index (χ1v) is 24.2.